The van der Waals surface area contributed by atoms with Crippen LogP contribution in [0.1, 0.15) is 16.7 Å². The second-order valence-corrected chi connectivity index (χ2v) is 6.09. The van der Waals surface area contributed by atoms with Crippen molar-refractivity contribution in [3.05, 3.63) is 65.0 Å². The monoisotopic (exact) mass is 290 g/mol. The highest BCUT2D eigenvalue weighted by Gasteiger charge is 2.10. The third-order valence-corrected chi connectivity index (χ3v) is 4.46. The molecule has 3 heteroatoms. The van der Waals surface area contributed by atoms with Crippen LogP contribution < -0.4 is 0 Å². The number of aryl methyl sites for hydroxylation is 2. The van der Waals surface area contributed by atoms with Crippen molar-refractivity contribution in [1.29, 1.82) is 0 Å². The minimum atomic E-state index is -0.428. The standard InChI is InChI=1S/C17H19FOS/c1-12-5-3-6-13(2)17(12)10-15(19)11-20-16-8-4-7-14(18)9-16/h3-9,15,19H,10-11H2,1-2H3. The summed E-state index contributed by atoms with van der Waals surface area (Å²) < 4.78 is 13.1. The smallest absolute Gasteiger partial charge is 0.124 e. The maximum absolute atomic E-state index is 13.1. The normalized spacial score (nSPS) is 12.4. The van der Waals surface area contributed by atoms with Crippen LogP contribution >= 0.6 is 11.8 Å². The van der Waals surface area contributed by atoms with Gasteiger partial charge >= 0.3 is 0 Å². The predicted octanol–water partition coefficient (Wildman–Crippen LogP) is 4.14. The second kappa shape index (κ2) is 6.91. The highest BCUT2D eigenvalue weighted by Crippen LogP contribution is 2.22. The summed E-state index contributed by atoms with van der Waals surface area (Å²) in [7, 11) is 0. The van der Waals surface area contributed by atoms with Crippen LogP contribution in [0.2, 0.25) is 0 Å². The highest BCUT2D eigenvalue weighted by atomic mass is 32.2. The molecule has 2 aromatic rings. The summed E-state index contributed by atoms with van der Waals surface area (Å²) >= 11 is 1.48. The van der Waals surface area contributed by atoms with E-state index in [9.17, 15) is 9.50 Å². The maximum Gasteiger partial charge on any atom is 0.124 e. The number of benzene rings is 2. The molecule has 0 aliphatic carbocycles. The zero-order chi connectivity index (χ0) is 14.5. The number of hydrogen-bond donors (Lipinski definition) is 1. The van der Waals surface area contributed by atoms with Crippen molar-refractivity contribution in [3.8, 4) is 0 Å². The van der Waals surface area contributed by atoms with Crippen LogP contribution in [0.5, 0.6) is 0 Å². The Balaban J connectivity index is 1.94. The summed E-state index contributed by atoms with van der Waals surface area (Å²) in [5.41, 5.74) is 3.62. The van der Waals surface area contributed by atoms with Crippen molar-refractivity contribution >= 4 is 11.8 Å². The zero-order valence-corrected chi connectivity index (χ0v) is 12.6. The summed E-state index contributed by atoms with van der Waals surface area (Å²) in [4.78, 5) is 0.852. The van der Waals surface area contributed by atoms with Crippen LogP contribution in [-0.2, 0) is 6.42 Å². The number of thioether (sulfide) groups is 1. The van der Waals surface area contributed by atoms with E-state index in [4.69, 9.17) is 0 Å². The van der Waals surface area contributed by atoms with Gasteiger partial charge in [-0.2, -0.15) is 0 Å². The van der Waals surface area contributed by atoms with Crippen molar-refractivity contribution in [1.82, 2.24) is 0 Å². The Labute approximate surface area is 123 Å². The average molecular weight is 290 g/mol. The minimum absolute atomic E-state index is 0.237. The summed E-state index contributed by atoms with van der Waals surface area (Å²) in [5, 5.41) is 10.2. The third kappa shape index (κ3) is 4.09. The molecule has 0 fully saturated rings. The van der Waals surface area contributed by atoms with E-state index >= 15 is 0 Å². The molecule has 0 aliphatic rings. The van der Waals surface area contributed by atoms with Crippen molar-refractivity contribution < 1.29 is 9.50 Å². The van der Waals surface area contributed by atoms with Gasteiger partial charge in [-0.3, -0.25) is 0 Å². The molecule has 0 radical (unpaired) electrons. The molecule has 0 aliphatic heterocycles. The Bertz CT molecular complexity index is 563. The molecule has 2 rings (SSSR count). The number of halogens is 1. The van der Waals surface area contributed by atoms with Crippen molar-refractivity contribution in [2.24, 2.45) is 0 Å². The molecule has 0 aromatic heterocycles. The zero-order valence-electron chi connectivity index (χ0n) is 11.8. The van der Waals surface area contributed by atoms with Crippen LogP contribution in [0.15, 0.2) is 47.4 Å². The Kier molecular flexibility index (Phi) is 5.21. The van der Waals surface area contributed by atoms with Crippen LogP contribution in [0.4, 0.5) is 4.39 Å². The molecule has 1 N–H and O–H groups in total. The molecule has 0 bridgehead atoms. The molecule has 0 saturated heterocycles. The van der Waals surface area contributed by atoms with Crippen molar-refractivity contribution in [2.45, 2.75) is 31.3 Å². The number of aliphatic hydroxyl groups is 1. The van der Waals surface area contributed by atoms with E-state index in [-0.39, 0.29) is 5.82 Å². The number of aliphatic hydroxyl groups excluding tert-OH is 1. The van der Waals surface area contributed by atoms with E-state index < -0.39 is 6.10 Å². The van der Waals surface area contributed by atoms with Gasteiger partial charge in [-0.1, -0.05) is 24.3 Å². The first-order valence-corrected chi connectivity index (χ1v) is 7.66. The SMILES string of the molecule is Cc1cccc(C)c1CC(O)CSc1cccc(F)c1. The van der Waals surface area contributed by atoms with Crippen molar-refractivity contribution in [3.63, 3.8) is 0 Å². The van der Waals surface area contributed by atoms with Gasteiger partial charge in [0.25, 0.3) is 0 Å². The van der Waals surface area contributed by atoms with Crippen molar-refractivity contribution in [2.75, 3.05) is 5.75 Å². The fourth-order valence-corrected chi connectivity index (χ4v) is 3.09. The molecule has 2 aromatic carbocycles. The fourth-order valence-electron chi connectivity index (χ4n) is 2.21. The molecule has 1 nitrogen and oxygen atoms in total. The van der Waals surface area contributed by atoms with Gasteiger partial charge in [-0.05, 0) is 55.2 Å². The first-order valence-electron chi connectivity index (χ1n) is 6.68. The number of hydrogen-bond acceptors (Lipinski definition) is 2. The Morgan fingerprint density at radius 2 is 1.75 bits per heavy atom. The topological polar surface area (TPSA) is 20.2 Å². The average Bonchev–Trinajstić information content (AvgIpc) is 2.41. The molecule has 1 unspecified atom stereocenters. The number of rotatable bonds is 5. The molecular formula is C17H19FOS. The molecule has 0 amide bonds. The van der Waals surface area contributed by atoms with Crippen LogP contribution in [0.3, 0.4) is 0 Å². The first kappa shape index (κ1) is 15.1. The highest BCUT2D eigenvalue weighted by molar-refractivity contribution is 7.99. The van der Waals surface area contributed by atoms with Gasteiger partial charge in [0.15, 0.2) is 0 Å². The molecule has 0 heterocycles. The Morgan fingerprint density at radius 3 is 2.40 bits per heavy atom. The molecule has 20 heavy (non-hydrogen) atoms. The quantitative estimate of drug-likeness (QED) is 0.835. The third-order valence-electron chi connectivity index (χ3n) is 3.32. The van der Waals surface area contributed by atoms with Gasteiger partial charge < -0.3 is 5.11 Å². The van der Waals surface area contributed by atoms with Gasteiger partial charge in [0.2, 0.25) is 0 Å². The van der Waals surface area contributed by atoms with Gasteiger partial charge in [0.1, 0.15) is 5.82 Å². The minimum Gasteiger partial charge on any atom is -0.392 e. The predicted molar refractivity (Wildman–Crippen MR) is 82.8 cm³/mol. The van der Waals surface area contributed by atoms with Crippen LogP contribution in [0.25, 0.3) is 0 Å². The molecule has 0 saturated carbocycles. The second-order valence-electron chi connectivity index (χ2n) is 5.00. The molecule has 0 spiro atoms. The lowest BCUT2D eigenvalue weighted by Crippen LogP contribution is -2.15. The van der Waals surface area contributed by atoms with Gasteiger partial charge in [0.05, 0.1) is 6.10 Å². The van der Waals surface area contributed by atoms with E-state index in [2.05, 4.69) is 26.0 Å². The lowest BCUT2D eigenvalue weighted by atomic mass is 9.98. The summed E-state index contributed by atoms with van der Waals surface area (Å²) in [6, 6.07) is 12.6. The maximum atomic E-state index is 13.1. The van der Waals surface area contributed by atoms with E-state index in [1.54, 1.807) is 6.07 Å². The van der Waals surface area contributed by atoms with E-state index in [1.807, 2.05) is 12.1 Å². The largest absolute Gasteiger partial charge is 0.392 e. The Morgan fingerprint density at radius 1 is 1.10 bits per heavy atom. The van der Waals surface area contributed by atoms with E-state index in [0.717, 1.165) is 4.90 Å². The summed E-state index contributed by atoms with van der Waals surface area (Å²) in [6.45, 7) is 4.13. The Hall–Kier alpha value is -1.32. The van der Waals surface area contributed by atoms with Crippen LogP contribution in [0, 0.1) is 19.7 Å². The van der Waals surface area contributed by atoms with E-state index in [1.165, 1.54) is 40.6 Å². The lowest BCUT2D eigenvalue weighted by Gasteiger charge is -2.14. The van der Waals surface area contributed by atoms with E-state index in [0.29, 0.717) is 12.2 Å². The van der Waals surface area contributed by atoms with Gasteiger partial charge in [-0.25, -0.2) is 4.39 Å². The molecule has 106 valence electrons. The lowest BCUT2D eigenvalue weighted by molar-refractivity contribution is 0.199. The molecular weight excluding hydrogens is 271 g/mol. The van der Waals surface area contributed by atoms with Gasteiger partial charge in [0, 0.05) is 10.6 Å². The van der Waals surface area contributed by atoms with Crippen LogP contribution in [-0.4, -0.2) is 17.0 Å². The summed E-state index contributed by atoms with van der Waals surface area (Å²) in [5.74, 6) is 0.330. The summed E-state index contributed by atoms with van der Waals surface area (Å²) in [6.07, 6.45) is 0.212. The fraction of sp³-hybridized carbons (Fsp3) is 0.294. The first-order chi connectivity index (χ1) is 9.56. The molecule has 1 atom stereocenters. The van der Waals surface area contributed by atoms with Gasteiger partial charge in [-0.15, -0.1) is 11.8 Å².